The average molecular weight is 294 g/mol. The lowest BCUT2D eigenvalue weighted by molar-refractivity contribution is 0.266. The van der Waals surface area contributed by atoms with Gasteiger partial charge in [-0.15, -0.1) is 0 Å². The number of hydrogen-bond acceptors (Lipinski definition) is 6. The van der Waals surface area contributed by atoms with E-state index in [1.165, 1.54) is 24.3 Å². The second-order valence-corrected chi connectivity index (χ2v) is 4.51. The molecule has 0 atom stereocenters. The van der Waals surface area contributed by atoms with E-state index in [2.05, 4.69) is 9.84 Å². The molecule has 7 N–H and O–H groups in total. The van der Waals surface area contributed by atoms with Crippen molar-refractivity contribution >= 4 is 13.5 Å². The highest BCUT2D eigenvalue weighted by atomic mass is 31.2. The van der Waals surface area contributed by atoms with Gasteiger partial charge < -0.3 is 25.8 Å². The second-order valence-electron chi connectivity index (χ2n) is 3.35. The van der Waals surface area contributed by atoms with Crippen LogP contribution in [0.25, 0.3) is 0 Å². The number of nitrogens with two attached hydrogens (primary N) is 1. The molecule has 0 aliphatic heterocycles. The predicted molar refractivity (Wildman–Crippen MR) is 70.6 cm³/mol. The molecule has 1 aromatic rings. The van der Waals surface area contributed by atoms with Gasteiger partial charge in [-0.25, -0.2) is 4.57 Å². The monoisotopic (exact) mass is 294 g/mol. The van der Waals surface area contributed by atoms with E-state index < -0.39 is 7.82 Å². The Labute approximate surface area is 111 Å². The van der Waals surface area contributed by atoms with Crippen molar-refractivity contribution in [3.05, 3.63) is 24.3 Å². The first-order valence-corrected chi connectivity index (χ1v) is 6.95. The molecule has 0 heterocycles. The maximum Gasteiger partial charge on any atom is 0.524 e. The predicted octanol–water partition coefficient (Wildman–Crippen LogP) is -0.699. The first-order chi connectivity index (χ1) is 8.89. The van der Waals surface area contributed by atoms with Crippen molar-refractivity contribution in [3.63, 3.8) is 0 Å². The minimum absolute atomic E-state index is 0.0949. The highest BCUT2D eigenvalue weighted by molar-refractivity contribution is 7.46. The number of rotatable bonds is 6. The number of phosphoric ester groups is 1. The molecular weight excluding hydrogens is 275 g/mol. The van der Waals surface area contributed by atoms with Gasteiger partial charge in [0.2, 0.25) is 0 Å². The van der Waals surface area contributed by atoms with Crippen LogP contribution in [0.2, 0.25) is 0 Å². The van der Waals surface area contributed by atoms with Crippen LogP contribution in [0.3, 0.4) is 0 Å². The Hall–Kier alpha value is -1.15. The van der Waals surface area contributed by atoms with Gasteiger partial charge in [0.1, 0.15) is 5.75 Å². The molecule has 0 fully saturated rings. The van der Waals surface area contributed by atoms with Gasteiger partial charge in [0.05, 0.1) is 13.2 Å². The van der Waals surface area contributed by atoms with Gasteiger partial charge >= 0.3 is 7.82 Å². The molecule has 19 heavy (non-hydrogen) atoms. The first-order valence-electron chi connectivity index (χ1n) is 5.42. The van der Waals surface area contributed by atoms with E-state index >= 15 is 0 Å². The van der Waals surface area contributed by atoms with E-state index in [1.54, 1.807) is 0 Å². The zero-order valence-electron chi connectivity index (χ0n) is 10.3. The Morgan fingerprint density at radius 2 is 1.58 bits per heavy atom. The number of hydrogen-bond donors (Lipinski definition) is 6. The molecule has 0 radical (unpaired) electrons. The minimum Gasteiger partial charge on any atom is -0.404 e. The van der Waals surface area contributed by atoms with Crippen LogP contribution in [-0.2, 0) is 4.57 Å². The topological polar surface area (TPSA) is 145 Å². The van der Waals surface area contributed by atoms with E-state index in [0.717, 1.165) is 0 Å². The molecule has 0 spiro atoms. The second kappa shape index (κ2) is 9.74. The van der Waals surface area contributed by atoms with Crippen molar-refractivity contribution in [1.29, 1.82) is 0 Å². The molecule has 0 aliphatic carbocycles. The van der Waals surface area contributed by atoms with E-state index in [0.29, 0.717) is 18.8 Å². The quantitative estimate of drug-likeness (QED) is 0.229. The van der Waals surface area contributed by atoms with Crippen LogP contribution < -0.4 is 15.6 Å². The molecule has 9 heteroatoms. The summed E-state index contributed by atoms with van der Waals surface area (Å²) >= 11 is 0. The summed E-state index contributed by atoms with van der Waals surface area (Å²) in [7, 11) is -4.44. The number of nitrogens with one attached hydrogen (secondary N) is 1. The van der Waals surface area contributed by atoms with Gasteiger partial charge in [0.15, 0.2) is 0 Å². The molecule has 1 rings (SSSR count). The molecule has 0 aliphatic rings. The largest absolute Gasteiger partial charge is 0.524 e. The van der Waals surface area contributed by atoms with Gasteiger partial charge in [0.25, 0.3) is 0 Å². The lowest BCUT2D eigenvalue weighted by Gasteiger charge is -2.05. The molecular formula is C10H19N2O6P. The van der Waals surface area contributed by atoms with Gasteiger partial charge in [-0.3, -0.25) is 9.79 Å². The van der Waals surface area contributed by atoms with Gasteiger partial charge in [0, 0.05) is 18.8 Å². The van der Waals surface area contributed by atoms with Gasteiger partial charge in [-0.2, -0.15) is 0 Å². The van der Waals surface area contributed by atoms with Crippen molar-refractivity contribution in [3.8, 4) is 5.75 Å². The molecule has 8 nitrogen and oxygen atoms in total. The summed E-state index contributed by atoms with van der Waals surface area (Å²) in [5, 5.41) is 19.1. The molecule has 0 bridgehead atoms. The van der Waals surface area contributed by atoms with Crippen LogP contribution in [0.15, 0.2) is 24.3 Å². The molecule has 110 valence electrons. The maximum atomic E-state index is 10.3. The minimum atomic E-state index is -4.44. The Morgan fingerprint density at radius 1 is 1.11 bits per heavy atom. The van der Waals surface area contributed by atoms with Crippen LogP contribution in [0.1, 0.15) is 0 Å². The molecule has 0 unspecified atom stereocenters. The SMILES string of the molecule is Nc1ccc(OP(=O)(O)O)cc1.OCCNCCO. The Kier molecular flexibility index (Phi) is 9.15. The molecule has 0 aromatic heterocycles. The van der Waals surface area contributed by atoms with Crippen molar-refractivity contribution in [2.24, 2.45) is 0 Å². The summed E-state index contributed by atoms with van der Waals surface area (Å²) in [5.41, 5.74) is 5.85. The van der Waals surface area contributed by atoms with E-state index in [4.69, 9.17) is 25.7 Å². The van der Waals surface area contributed by atoms with E-state index in [1.807, 2.05) is 0 Å². The fourth-order valence-corrected chi connectivity index (χ4v) is 1.35. The van der Waals surface area contributed by atoms with Crippen molar-refractivity contribution in [1.82, 2.24) is 5.32 Å². The lowest BCUT2D eigenvalue weighted by Crippen LogP contribution is -2.21. The lowest BCUT2D eigenvalue weighted by atomic mass is 10.3. The number of benzene rings is 1. The average Bonchev–Trinajstić information content (AvgIpc) is 2.32. The van der Waals surface area contributed by atoms with Gasteiger partial charge in [-0.05, 0) is 24.3 Å². The van der Waals surface area contributed by atoms with E-state index in [-0.39, 0.29) is 19.0 Å². The number of anilines is 1. The summed E-state index contributed by atoms with van der Waals surface area (Å²) < 4.78 is 14.6. The summed E-state index contributed by atoms with van der Waals surface area (Å²) in [6.07, 6.45) is 0. The first kappa shape index (κ1) is 17.8. The summed E-state index contributed by atoms with van der Waals surface area (Å²) in [6, 6.07) is 5.75. The molecule has 1 aromatic carbocycles. The van der Waals surface area contributed by atoms with Crippen molar-refractivity contribution in [2.75, 3.05) is 32.0 Å². The normalized spacial score (nSPS) is 10.5. The number of nitrogen functional groups attached to an aromatic ring is 1. The summed E-state index contributed by atoms with van der Waals surface area (Å²) in [4.78, 5) is 16.8. The number of aliphatic hydroxyl groups excluding tert-OH is 2. The van der Waals surface area contributed by atoms with Crippen molar-refractivity contribution in [2.45, 2.75) is 0 Å². The van der Waals surface area contributed by atoms with Crippen LogP contribution in [-0.4, -0.2) is 46.3 Å². The summed E-state index contributed by atoms with van der Waals surface area (Å²) in [5.74, 6) is 0.0949. The molecule has 0 saturated heterocycles. The van der Waals surface area contributed by atoms with Crippen molar-refractivity contribution < 1.29 is 29.1 Å². The highest BCUT2D eigenvalue weighted by Crippen LogP contribution is 2.37. The zero-order valence-corrected chi connectivity index (χ0v) is 11.2. The van der Waals surface area contributed by atoms with Crippen LogP contribution in [0, 0.1) is 0 Å². The number of aliphatic hydroxyl groups is 2. The third kappa shape index (κ3) is 11.7. The molecule has 0 amide bonds. The smallest absolute Gasteiger partial charge is 0.404 e. The zero-order chi connectivity index (χ0) is 14.7. The Bertz CT molecular complexity index is 376. The Morgan fingerprint density at radius 3 is 1.95 bits per heavy atom. The third-order valence-corrected chi connectivity index (χ3v) is 2.13. The Balaban J connectivity index is 0.000000399. The molecule has 0 saturated carbocycles. The maximum absolute atomic E-state index is 10.3. The number of phosphoric acid groups is 1. The standard InChI is InChI=1S/C6H8NO4P.C4H11NO2/c7-5-1-3-6(4-2-5)11-12(8,9)10;6-3-1-5-2-4-7/h1-4H,7H2,(H2,8,9,10);5-7H,1-4H2. The third-order valence-electron chi connectivity index (χ3n) is 1.68. The fraction of sp³-hybridized carbons (Fsp3) is 0.400. The van der Waals surface area contributed by atoms with Crippen LogP contribution >= 0.6 is 7.82 Å². The van der Waals surface area contributed by atoms with Gasteiger partial charge in [-0.1, -0.05) is 0 Å². The highest BCUT2D eigenvalue weighted by Gasteiger charge is 2.14. The van der Waals surface area contributed by atoms with Crippen LogP contribution in [0.5, 0.6) is 5.75 Å². The van der Waals surface area contributed by atoms with E-state index in [9.17, 15) is 4.57 Å². The summed E-state index contributed by atoms with van der Waals surface area (Å²) in [6.45, 7) is 1.42. The van der Waals surface area contributed by atoms with Crippen LogP contribution in [0.4, 0.5) is 5.69 Å². The fourth-order valence-electron chi connectivity index (χ4n) is 0.949.